The molecule has 6 rings (SSSR count). The monoisotopic (exact) mass is 505 g/mol. The first-order valence-corrected chi connectivity index (χ1v) is 13.0. The van der Waals surface area contributed by atoms with E-state index in [1.54, 1.807) is 24.7 Å². The fourth-order valence-electron chi connectivity index (χ4n) is 5.07. The first-order valence-electron chi connectivity index (χ1n) is 13.0. The summed E-state index contributed by atoms with van der Waals surface area (Å²) in [4.78, 5) is 4.07. The lowest BCUT2D eigenvalue weighted by atomic mass is 9.92. The van der Waals surface area contributed by atoms with Crippen molar-refractivity contribution < 1.29 is 9.13 Å². The maximum atomic E-state index is 14.0. The van der Waals surface area contributed by atoms with Gasteiger partial charge in [0.25, 0.3) is 0 Å². The van der Waals surface area contributed by atoms with Crippen molar-refractivity contribution in [2.24, 2.45) is 0 Å². The summed E-state index contributed by atoms with van der Waals surface area (Å²) in [7, 11) is 0. The molecule has 1 N–H and O–H groups in total. The minimum atomic E-state index is -0.217. The van der Waals surface area contributed by atoms with E-state index >= 15 is 0 Å². The Bertz CT molecular complexity index is 1590. The highest BCUT2D eigenvalue weighted by molar-refractivity contribution is 5.95. The number of nitrogens with one attached hydrogen (secondary N) is 1. The molecule has 0 amide bonds. The van der Waals surface area contributed by atoms with Gasteiger partial charge in [0.15, 0.2) is 0 Å². The van der Waals surface area contributed by atoms with E-state index in [-0.39, 0.29) is 5.82 Å². The van der Waals surface area contributed by atoms with Crippen LogP contribution in [0.2, 0.25) is 0 Å². The summed E-state index contributed by atoms with van der Waals surface area (Å²) in [6, 6.07) is 23.7. The summed E-state index contributed by atoms with van der Waals surface area (Å²) in [6.07, 6.45) is 8.83. The maximum absolute atomic E-state index is 14.0. The second kappa shape index (κ2) is 10.4. The number of aromatic nitrogens is 3. The molecule has 0 spiro atoms. The number of benzene rings is 3. The molecule has 6 nitrogen and oxygen atoms in total. The van der Waals surface area contributed by atoms with Gasteiger partial charge >= 0.3 is 0 Å². The molecular formula is C31H28FN5O. The van der Waals surface area contributed by atoms with Gasteiger partial charge in [-0.2, -0.15) is 5.26 Å². The van der Waals surface area contributed by atoms with Crippen molar-refractivity contribution in [3.8, 4) is 23.1 Å². The number of halogens is 1. The van der Waals surface area contributed by atoms with E-state index < -0.39 is 0 Å². The molecule has 0 atom stereocenters. The summed E-state index contributed by atoms with van der Waals surface area (Å²) in [5, 5.41) is 14.5. The highest BCUT2D eigenvalue weighted by Gasteiger charge is 2.28. The van der Waals surface area contributed by atoms with Crippen LogP contribution in [-0.2, 0) is 13.1 Å². The molecule has 0 saturated heterocycles. The number of anilines is 1. The SMILES string of the molecule is N#Cc1c(-c2ccc(NCc3ccccc3F)cc2)n(C2CCC2)c2cc(OCCn3ccnc3)ccc12. The Morgan fingerprint density at radius 1 is 1.08 bits per heavy atom. The Morgan fingerprint density at radius 3 is 2.63 bits per heavy atom. The van der Waals surface area contributed by atoms with Gasteiger partial charge in [-0.3, -0.25) is 0 Å². The molecule has 190 valence electrons. The number of ether oxygens (including phenoxy) is 1. The molecule has 2 aromatic heterocycles. The normalized spacial score (nSPS) is 13.3. The quantitative estimate of drug-likeness (QED) is 0.236. The average Bonchev–Trinajstić information content (AvgIpc) is 3.54. The Hall–Kier alpha value is -4.57. The van der Waals surface area contributed by atoms with Gasteiger partial charge in [0, 0.05) is 47.7 Å². The molecule has 0 unspecified atom stereocenters. The lowest BCUT2D eigenvalue weighted by Gasteiger charge is -2.30. The van der Waals surface area contributed by atoms with Crippen LogP contribution in [0.25, 0.3) is 22.2 Å². The van der Waals surface area contributed by atoms with E-state index in [9.17, 15) is 9.65 Å². The molecule has 7 heteroatoms. The Kier molecular flexibility index (Phi) is 6.53. The van der Waals surface area contributed by atoms with Gasteiger partial charge in [-0.25, -0.2) is 9.37 Å². The van der Waals surface area contributed by atoms with Gasteiger partial charge < -0.3 is 19.2 Å². The molecule has 0 aliphatic heterocycles. The number of nitrogens with zero attached hydrogens (tertiary/aromatic N) is 4. The first-order chi connectivity index (χ1) is 18.7. The van der Waals surface area contributed by atoms with Gasteiger partial charge in [0.2, 0.25) is 0 Å². The second-order valence-electron chi connectivity index (χ2n) is 9.64. The standard InChI is InChI=1S/C31H28FN5O/c32-29-7-2-1-4-23(29)20-35-24-10-8-22(9-11-24)31-28(19-33)27-13-12-26(38-17-16-36-15-14-34-21-36)18-30(27)37(31)25-5-3-6-25/h1-2,4,7-15,18,21,25,35H,3,5-6,16-17,20H2. The lowest BCUT2D eigenvalue weighted by Crippen LogP contribution is -2.18. The summed E-state index contributed by atoms with van der Waals surface area (Å²) in [6.45, 7) is 1.65. The molecule has 2 heterocycles. The second-order valence-corrected chi connectivity index (χ2v) is 9.64. The minimum Gasteiger partial charge on any atom is -0.492 e. The van der Waals surface area contributed by atoms with Crippen LogP contribution < -0.4 is 10.1 Å². The predicted octanol–water partition coefficient (Wildman–Crippen LogP) is 6.93. The number of imidazole rings is 1. The van der Waals surface area contributed by atoms with Crippen LogP contribution >= 0.6 is 0 Å². The van der Waals surface area contributed by atoms with Crippen molar-refractivity contribution in [1.29, 1.82) is 5.26 Å². The summed E-state index contributed by atoms with van der Waals surface area (Å²) >= 11 is 0. The molecule has 3 aromatic carbocycles. The molecule has 38 heavy (non-hydrogen) atoms. The predicted molar refractivity (Wildman–Crippen MR) is 146 cm³/mol. The third-order valence-corrected chi connectivity index (χ3v) is 7.30. The zero-order valence-electron chi connectivity index (χ0n) is 21.0. The van der Waals surface area contributed by atoms with Gasteiger partial charge in [0.1, 0.15) is 24.2 Å². The summed E-state index contributed by atoms with van der Waals surface area (Å²) in [5.41, 5.74) is 5.17. The third kappa shape index (κ3) is 4.61. The fourth-order valence-corrected chi connectivity index (χ4v) is 5.07. The van der Waals surface area contributed by atoms with Crippen LogP contribution in [0.15, 0.2) is 85.5 Å². The van der Waals surface area contributed by atoms with E-state index in [2.05, 4.69) is 27.0 Å². The van der Waals surface area contributed by atoms with Crippen LogP contribution in [0.3, 0.4) is 0 Å². The summed E-state index contributed by atoms with van der Waals surface area (Å²) < 4.78 is 24.4. The lowest BCUT2D eigenvalue weighted by molar-refractivity contribution is 0.298. The van der Waals surface area contributed by atoms with Crippen molar-refractivity contribution in [3.05, 3.63) is 102 Å². The Morgan fingerprint density at radius 2 is 1.92 bits per heavy atom. The van der Waals surface area contributed by atoms with Crippen molar-refractivity contribution in [3.63, 3.8) is 0 Å². The van der Waals surface area contributed by atoms with Crippen molar-refractivity contribution in [1.82, 2.24) is 14.1 Å². The average molecular weight is 506 g/mol. The van der Waals surface area contributed by atoms with E-state index in [0.717, 1.165) is 46.4 Å². The van der Waals surface area contributed by atoms with Crippen LogP contribution in [0.5, 0.6) is 5.75 Å². The van der Waals surface area contributed by atoms with Gasteiger partial charge in [0.05, 0.1) is 29.6 Å². The highest BCUT2D eigenvalue weighted by Crippen LogP contribution is 2.43. The number of hydrogen-bond donors (Lipinski definition) is 1. The number of nitriles is 1. The number of rotatable bonds is 9. The zero-order valence-corrected chi connectivity index (χ0v) is 21.0. The van der Waals surface area contributed by atoms with Crippen LogP contribution in [0.4, 0.5) is 10.1 Å². The number of hydrogen-bond acceptors (Lipinski definition) is 4. The van der Waals surface area contributed by atoms with Crippen LogP contribution in [0, 0.1) is 17.1 Å². The molecule has 1 aliphatic carbocycles. The molecular weight excluding hydrogens is 477 g/mol. The topological polar surface area (TPSA) is 67.8 Å². The first kappa shape index (κ1) is 23.8. The summed E-state index contributed by atoms with van der Waals surface area (Å²) in [5.74, 6) is 0.574. The number of fused-ring (bicyclic) bond motifs is 1. The van der Waals surface area contributed by atoms with E-state index in [0.29, 0.717) is 36.9 Å². The van der Waals surface area contributed by atoms with E-state index in [1.165, 1.54) is 12.5 Å². The van der Waals surface area contributed by atoms with Gasteiger partial charge in [-0.15, -0.1) is 0 Å². The fraction of sp³-hybridized carbons (Fsp3) is 0.226. The van der Waals surface area contributed by atoms with Crippen LogP contribution in [-0.4, -0.2) is 20.7 Å². The zero-order chi connectivity index (χ0) is 25.9. The molecule has 5 aromatic rings. The molecule has 1 fully saturated rings. The minimum absolute atomic E-state index is 0.217. The van der Waals surface area contributed by atoms with Gasteiger partial charge in [-0.1, -0.05) is 30.3 Å². The molecule has 1 aliphatic rings. The van der Waals surface area contributed by atoms with Crippen molar-refractivity contribution in [2.75, 3.05) is 11.9 Å². The molecule has 0 bridgehead atoms. The highest BCUT2D eigenvalue weighted by atomic mass is 19.1. The largest absolute Gasteiger partial charge is 0.492 e. The van der Waals surface area contributed by atoms with Crippen molar-refractivity contribution >= 4 is 16.6 Å². The molecule has 0 radical (unpaired) electrons. The van der Waals surface area contributed by atoms with E-state index in [4.69, 9.17) is 4.74 Å². The Balaban J connectivity index is 1.30. The third-order valence-electron chi connectivity index (χ3n) is 7.30. The smallest absolute Gasteiger partial charge is 0.128 e. The van der Waals surface area contributed by atoms with E-state index in [1.807, 2.05) is 53.2 Å². The maximum Gasteiger partial charge on any atom is 0.128 e. The molecule has 1 saturated carbocycles. The van der Waals surface area contributed by atoms with Crippen LogP contribution in [0.1, 0.15) is 36.4 Å². The Labute approximate surface area is 220 Å². The van der Waals surface area contributed by atoms with Gasteiger partial charge in [-0.05, 0) is 55.2 Å². The van der Waals surface area contributed by atoms with Crippen molar-refractivity contribution in [2.45, 2.75) is 38.4 Å².